The van der Waals surface area contributed by atoms with Crippen molar-refractivity contribution in [2.24, 2.45) is 0 Å². The van der Waals surface area contributed by atoms with Gasteiger partial charge in [0.25, 0.3) is 0 Å². The zero-order chi connectivity index (χ0) is 19.1. The van der Waals surface area contributed by atoms with Gasteiger partial charge in [-0.15, -0.1) is 0 Å². The average Bonchev–Trinajstić information content (AvgIpc) is 2.59. The minimum Gasteiger partial charge on any atom is -0.480 e. The Labute approximate surface area is 161 Å². The third kappa shape index (κ3) is 6.24. The third-order valence-corrected chi connectivity index (χ3v) is 3.70. The van der Waals surface area contributed by atoms with Crippen LogP contribution in [0.4, 0.5) is 0 Å². The molecule has 0 spiro atoms. The van der Waals surface area contributed by atoms with Crippen LogP contribution in [0.25, 0.3) is 0 Å². The molecule has 26 heavy (non-hydrogen) atoms. The lowest BCUT2D eigenvalue weighted by atomic mass is 10.1. The molecular formula is C19H18Cl2O5. The van der Waals surface area contributed by atoms with Crippen LogP contribution in [0.1, 0.15) is 29.8 Å². The van der Waals surface area contributed by atoms with Gasteiger partial charge >= 0.3 is 11.9 Å². The predicted octanol–water partition coefficient (Wildman–Crippen LogP) is 4.68. The molecule has 0 N–H and O–H groups in total. The van der Waals surface area contributed by atoms with Crippen molar-refractivity contribution in [3.05, 3.63) is 63.6 Å². The van der Waals surface area contributed by atoms with Gasteiger partial charge in [-0.05, 0) is 49.7 Å². The summed E-state index contributed by atoms with van der Waals surface area (Å²) in [5.41, 5.74) is 1.18. The first-order valence-electron chi connectivity index (χ1n) is 7.88. The maximum Gasteiger partial charge on any atom is 0.344 e. The molecule has 0 aliphatic carbocycles. The van der Waals surface area contributed by atoms with E-state index in [1.54, 1.807) is 50.2 Å². The fourth-order valence-corrected chi connectivity index (χ4v) is 2.42. The summed E-state index contributed by atoms with van der Waals surface area (Å²) in [6.07, 6.45) is -0.183. The van der Waals surface area contributed by atoms with E-state index in [-0.39, 0.29) is 19.3 Å². The summed E-state index contributed by atoms with van der Waals surface area (Å²) in [6, 6.07) is 11.3. The third-order valence-electron chi connectivity index (χ3n) is 3.17. The first-order chi connectivity index (χ1) is 12.3. The molecule has 2 aromatic rings. The van der Waals surface area contributed by atoms with Crippen LogP contribution in [-0.2, 0) is 20.9 Å². The standard InChI is InChI=1S/C19H18Cl2O5/c1-12(2)26-19(23)14-5-3-13(4-6-14)10-25-18(22)11-24-17-8-7-15(20)9-16(17)21/h3-9,12H,10-11H2,1-2H3. The van der Waals surface area contributed by atoms with Crippen LogP contribution in [0.5, 0.6) is 5.75 Å². The lowest BCUT2D eigenvalue weighted by Gasteiger charge is -2.10. The summed E-state index contributed by atoms with van der Waals surface area (Å²) in [6.45, 7) is 3.35. The van der Waals surface area contributed by atoms with Crippen molar-refractivity contribution >= 4 is 35.1 Å². The van der Waals surface area contributed by atoms with Crippen molar-refractivity contribution in [3.8, 4) is 5.75 Å². The van der Waals surface area contributed by atoms with Crippen LogP contribution >= 0.6 is 23.2 Å². The van der Waals surface area contributed by atoms with E-state index in [1.165, 1.54) is 6.07 Å². The van der Waals surface area contributed by atoms with Crippen molar-refractivity contribution in [3.63, 3.8) is 0 Å². The summed E-state index contributed by atoms with van der Waals surface area (Å²) >= 11 is 11.8. The average molecular weight is 397 g/mol. The van der Waals surface area contributed by atoms with Crippen LogP contribution in [0.3, 0.4) is 0 Å². The quantitative estimate of drug-likeness (QED) is 0.635. The molecular weight excluding hydrogens is 379 g/mol. The van der Waals surface area contributed by atoms with Crippen molar-refractivity contribution in [1.82, 2.24) is 0 Å². The second-order valence-electron chi connectivity index (χ2n) is 5.68. The Bertz CT molecular complexity index is 772. The van der Waals surface area contributed by atoms with Crippen LogP contribution in [0.2, 0.25) is 10.0 Å². The first kappa shape index (κ1) is 20.1. The molecule has 0 bridgehead atoms. The molecule has 7 heteroatoms. The summed E-state index contributed by atoms with van der Waals surface area (Å²) in [5.74, 6) is -0.586. The zero-order valence-corrected chi connectivity index (χ0v) is 15.8. The van der Waals surface area contributed by atoms with Gasteiger partial charge in [0, 0.05) is 5.02 Å². The molecule has 2 aromatic carbocycles. The van der Waals surface area contributed by atoms with Gasteiger partial charge in [-0.1, -0.05) is 35.3 Å². The smallest absolute Gasteiger partial charge is 0.344 e. The Balaban J connectivity index is 1.80. The minimum absolute atomic E-state index is 0.0655. The monoisotopic (exact) mass is 396 g/mol. The summed E-state index contributed by atoms with van der Waals surface area (Å²) in [4.78, 5) is 23.5. The fourth-order valence-electron chi connectivity index (χ4n) is 1.95. The molecule has 0 aromatic heterocycles. The molecule has 0 amide bonds. The highest BCUT2D eigenvalue weighted by molar-refractivity contribution is 6.35. The van der Waals surface area contributed by atoms with E-state index < -0.39 is 11.9 Å². The molecule has 0 aliphatic rings. The lowest BCUT2D eigenvalue weighted by molar-refractivity contribution is -0.147. The van der Waals surface area contributed by atoms with Crippen LogP contribution in [-0.4, -0.2) is 24.6 Å². The van der Waals surface area contributed by atoms with Gasteiger partial charge in [0.2, 0.25) is 0 Å². The van der Waals surface area contributed by atoms with Crippen molar-refractivity contribution in [2.45, 2.75) is 26.6 Å². The Morgan fingerprint density at radius 2 is 1.73 bits per heavy atom. The molecule has 0 radical (unpaired) electrons. The molecule has 0 aliphatic heterocycles. The molecule has 2 rings (SSSR count). The normalized spacial score (nSPS) is 10.5. The van der Waals surface area contributed by atoms with E-state index in [1.807, 2.05) is 0 Å². The van der Waals surface area contributed by atoms with E-state index >= 15 is 0 Å². The van der Waals surface area contributed by atoms with Gasteiger partial charge in [-0.3, -0.25) is 0 Å². The molecule has 0 saturated heterocycles. The molecule has 5 nitrogen and oxygen atoms in total. The van der Waals surface area contributed by atoms with Crippen molar-refractivity contribution < 1.29 is 23.8 Å². The maximum absolute atomic E-state index is 11.8. The van der Waals surface area contributed by atoms with Crippen LogP contribution < -0.4 is 4.74 Å². The summed E-state index contributed by atoms with van der Waals surface area (Å²) in [5, 5.41) is 0.792. The summed E-state index contributed by atoms with van der Waals surface area (Å²) in [7, 11) is 0. The second-order valence-corrected chi connectivity index (χ2v) is 6.52. The molecule has 0 saturated carbocycles. The maximum atomic E-state index is 11.8. The number of rotatable bonds is 7. The predicted molar refractivity (Wildman–Crippen MR) is 98.7 cm³/mol. The number of hydrogen-bond donors (Lipinski definition) is 0. The number of esters is 2. The van der Waals surface area contributed by atoms with Crippen molar-refractivity contribution in [2.75, 3.05) is 6.61 Å². The number of ether oxygens (including phenoxy) is 3. The molecule has 0 heterocycles. The second kappa shape index (κ2) is 9.46. The number of halogens is 2. The summed E-state index contributed by atoms with van der Waals surface area (Å²) < 4.78 is 15.5. The Kier molecular flexibility index (Phi) is 7.30. The minimum atomic E-state index is -0.542. The molecule has 0 unspecified atom stereocenters. The number of carbonyl (C=O) groups is 2. The van der Waals surface area contributed by atoms with E-state index in [0.29, 0.717) is 21.4 Å². The van der Waals surface area contributed by atoms with Gasteiger partial charge in [0.1, 0.15) is 12.4 Å². The van der Waals surface area contributed by atoms with Crippen molar-refractivity contribution in [1.29, 1.82) is 0 Å². The molecule has 0 atom stereocenters. The van der Waals surface area contributed by atoms with Gasteiger partial charge in [-0.25, -0.2) is 9.59 Å². The SMILES string of the molecule is CC(C)OC(=O)c1ccc(COC(=O)COc2ccc(Cl)cc2Cl)cc1. The highest BCUT2D eigenvalue weighted by Gasteiger charge is 2.10. The topological polar surface area (TPSA) is 61.8 Å². The molecule has 138 valence electrons. The Morgan fingerprint density at radius 3 is 2.35 bits per heavy atom. The van der Waals surface area contributed by atoms with Gasteiger partial charge in [-0.2, -0.15) is 0 Å². The molecule has 0 fully saturated rings. The number of hydrogen-bond acceptors (Lipinski definition) is 5. The largest absolute Gasteiger partial charge is 0.480 e. The van der Waals surface area contributed by atoms with E-state index in [2.05, 4.69) is 0 Å². The van der Waals surface area contributed by atoms with Gasteiger partial charge in [0.05, 0.1) is 16.7 Å². The highest BCUT2D eigenvalue weighted by Crippen LogP contribution is 2.27. The Hall–Kier alpha value is -2.24. The fraction of sp³-hybridized carbons (Fsp3) is 0.263. The van der Waals surface area contributed by atoms with Crippen LogP contribution in [0, 0.1) is 0 Å². The van der Waals surface area contributed by atoms with Crippen LogP contribution in [0.15, 0.2) is 42.5 Å². The first-order valence-corrected chi connectivity index (χ1v) is 8.64. The lowest BCUT2D eigenvalue weighted by Crippen LogP contribution is -2.15. The van der Waals surface area contributed by atoms with E-state index in [4.69, 9.17) is 37.4 Å². The Morgan fingerprint density at radius 1 is 1.04 bits per heavy atom. The number of carbonyl (C=O) groups excluding carboxylic acids is 2. The van der Waals surface area contributed by atoms with Gasteiger partial charge < -0.3 is 14.2 Å². The van der Waals surface area contributed by atoms with Gasteiger partial charge in [0.15, 0.2) is 6.61 Å². The zero-order valence-electron chi connectivity index (χ0n) is 14.3. The highest BCUT2D eigenvalue weighted by atomic mass is 35.5. The van der Waals surface area contributed by atoms with E-state index in [0.717, 1.165) is 5.56 Å². The van der Waals surface area contributed by atoms with E-state index in [9.17, 15) is 9.59 Å². The number of benzene rings is 2.